The topological polar surface area (TPSA) is 100 Å². The molecule has 0 aliphatic rings. The van der Waals surface area contributed by atoms with Crippen LogP contribution < -0.4 is 10.4 Å². The molecule has 0 unspecified atom stereocenters. The summed E-state index contributed by atoms with van der Waals surface area (Å²) in [5.41, 5.74) is -0.636. The number of hydrogen-bond donors (Lipinski definition) is 3. The first kappa shape index (κ1) is 12.2. The maximum absolute atomic E-state index is 11.9. The zero-order valence-corrected chi connectivity index (χ0v) is 10.4. The highest BCUT2D eigenvalue weighted by atomic mass is 16.5. The van der Waals surface area contributed by atoms with Crippen molar-refractivity contribution in [3.63, 3.8) is 0 Å². The summed E-state index contributed by atoms with van der Waals surface area (Å²) >= 11 is 0. The van der Waals surface area contributed by atoms with Gasteiger partial charge in [-0.05, 0) is 12.1 Å². The summed E-state index contributed by atoms with van der Waals surface area (Å²) in [4.78, 5) is 11.9. The maximum atomic E-state index is 11.9. The van der Waals surface area contributed by atoms with Crippen LogP contribution in [0, 0.1) is 0 Å². The Morgan fingerprint density at radius 2 is 1.75 bits per heavy atom. The van der Waals surface area contributed by atoms with E-state index in [1.165, 1.54) is 25.3 Å². The van der Waals surface area contributed by atoms with Crippen LogP contribution in [0.4, 0.5) is 0 Å². The molecule has 0 atom stereocenters. The van der Waals surface area contributed by atoms with Gasteiger partial charge in [0.2, 0.25) is 0 Å². The number of fused-ring (bicyclic) bond motifs is 3. The van der Waals surface area contributed by atoms with Crippen LogP contribution in [-0.4, -0.2) is 22.4 Å². The van der Waals surface area contributed by atoms with Crippen LogP contribution >= 0.6 is 0 Å². The third-order valence-corrected chi connectivity index (χ3v) is 3.08. The molecule has 0 amide bonds. The summed E-state index contributed by atoms with van der Waals surface area (Å²) in [5, 5.41) is 29.8. The van der Waals surface area contributed by atoms with Crippen molar-refractivity contribution in [3.8, 4) is 23.0 Å². The minimum absolute atomic E-state index is 0.0488. The van der Waals surface area contributed by atoms with Crippen molar-refractivity contribution >= 4 is 21.7 Å². The molecular formula is C14H10O6. The average Bonchev–Trinajstić information content (AvgIpc) is 2.38. The normalized spacial score (nSPS) is 11.1. The molecule has 3 aromatic rings. The van der Waals surface area contributed by atoms with Crippen LogP contribution in [0.5, 0.6) is 23.0 Å². The lowest BCUT2D eigenvalue weighted by Crippen LogP contribution is -2.00. The van der Waals surface area contributed by atoms with Crippen LogP contribution in [0.15, 0.2) is 33.5 Å². The first-order valence-electron chi connectivity index (χ1n) is 5.70. The van der Waals surface area contributed by atoms with Gasteiger partial charge in [-0.2, -0.15) is 0 Å². The van der Waals surface area contributed by atoms with Crippen LogP contribution in [0.1, 0.15) is 0 Å². The zero-order chi connectivity index (χ0) is 14.4. The van der Waals surface area contributed by atoms with Crippen molar-refractivity contribution in [3.05, 3.63) is 34.7 Å². The molecule has 0 aliphatic heterocycles. The third-order valence-electron chi connectivity index (χ3n) is 3.08. The highest BCUT2D eigenvalue weighted by Gasteiger charge is 2.15. The standard InChI is InChI=1S/C14H10O6/c1-19-11-5-7-8(4-9(11)16)14(18)20-12-3-6(15)2-10(17)13(7)12/h2-5,15-17H,1H3. The molecule has 0 fully saturated rings. The predicted molar refractivity (Wildman–Crippen MR) is 71.5 cm³/mol. The fraction of sp³-hybridized carbons (Fsp3) is 0.0714. The van der Waals surface area contributed by atoms with Gasteiger partial charge in [0.15, 0.2) is 11.5 Å². The van der Waals surface area contributed by atoms with Crippen molar-refractivity contribution in [2.24, 2.45) is 0 Å². The van der Waals surface area contributed by atoms with Crippen molar-refractivity contribution in [1.82, 2.24) is 0 Å². The maximum Gasteiger partial charge on any atom is 0.344 e. The summed E-state index contributed by atoms with van der Waals surface area (Å²) in [6.45, 7) is 0. The lowest BCUT2D eigenvalue weighted by atomic mass is 10.1. The Morgan fingerprint density at radius 1 is 1.00 bits per heavy atom. The van der Waals surface area contributed by atoms with E-state index in [9.17, 15) is 20.1 Å². The SMILES string of the molecule is COc1cc2c(cc1O)c(=O)oc1cc(O)cc(O)c12. The van der Waals surface area contributed by atoms with Crippen molar-refractivity contribution in [2.75, 3.05) is 7.11 Å². The minimum atomic E-state index is -0.685. The molecular weight excluding hydrogens is 264 g/mol. The van der Waals surface area contributed by atoms with Crippen molar-refractivity contribution < 1.29 is 24.5 Å². The molecule has 0 saturated heterocycles. The van der Waals surface area contributed by atoms with Gasteiger partial charge in [0.05, 0.1) is 17.9 Å². The lowest BCUT2D eigenvalue weighted by Gasteiger charge is -2.08. The van der Waals surface area contributed by atoms with E-state index in [1.807, 2.05) is 0 Å². The number of benzene rings is 2. The second-order valence-corrected chi connectivity index (χ2v) is 4.30. The predicted octanol–water partition coefficient (Wildman–Crippen LogP) is 2.07. The van der Waals surface area contributed by atoms with Gasteiger partial charge in [-0.25, -0.2) is 4.79 Å². The zero-order valence-electron chi connectivity index (χ0n) is 10.4. The van der Waals surface area contributed by atoms with Gasteiger partial charge >= 0.3 is 5.63 Å². The molecule has 0 bridgehead atoms. The number of aromatic hydroxyl groups is 3. The van der Waals surface area contributed by atoms with Gasteiger partial charge in [-0.3, -0.25) is 0 Å². The van der Waals surface area contributed by atoms with Gasteiger partial charge in [-0.15, -0.1) is 0 Å². The fourth-order valence-corrected chi connectivity index (χ4v) is 2.20. The summed E-state index contributed by atoms with van der Waals surface area (Å²) in [6.07, 6.45) is 0. The average molecular weight is 274 g/mol. The van der Waals surface area contributed by atoms with Crippen LogP contribution in [0.3, 0.4) is 0 Å². The van der Waals surface area contributed by atoms with Crippen molar-refractivity contribution in [1.29, 1.82) is 0 Å². The van der Waals surface area contributed by atoms with Gasteiger partial charge < -0.3 is 24.5 Å². The highest BCUT2D eigenvalue weighted by Crippen LogP contribution is 2.38. The Bertz CT molecular complexity index is 894. The van der Waals surface area contributed by atoms with Gasteiger partial charge in [-0.1, -0.05) is 0 Å². The van der Waals surface area contributed by atoms with Crippen LogP contribution in [0.25, 0.3) is 21.7 Å². The van der Waals surface area contributed by atoms with E-state index < -0.39 is 5.63 Å². The Balaban J connectivity index is 2.61. The van der Waals surface area contributed by atoms with Gasteiger partial charge in [0.25, 0.3) is 0 Å². The fourth-order valence-electron chi connectivity index (χ4n) is 2.20. The molecule has 0 spiro atoms. The molecule has 6 heteroatoms. The molecule has 102 valence electrons. The van der Waals surface area contributed by atoms with Crippen LogP contribution in [-0.2, 0) is 0 Å². The number of methoxy groups -OCH3 is 1. The molecule has 2 aromatic carbocycles. The number of phenols is 3. The van der Waals surface area contributed by atoms with E-state index in [2.05, 4.69) is 0 Å². The Kier molecular flexibility index (Phi) is 2.47. The molecule has 1 heterocycles. The first-order chi connectivity index (χ1) is 9.51. The highest BCUT2D eigenvalue weighted by molar-refractivity contribution is 6.08. The van der Waals surface area contributed by atoms with E-state index in [4.69, 9.17) is 9.15 Å². The number of phenolic OH excluding ortho intramolecular Hbond substituents is 3. The molecule has 3 N–H and O–H groups in total. The summed E-state index contributed by atoms with van der Waals surface area (Å²) in [6, 6.07) is 5.02. The van der Waals surface area contributed by atoms with Gasteiger partial charge in [0.1, 0.15) is 17.1 Å². The smallest absolute Gasteiger partial charge is 0.344 e. The molecule has 3 rings (SSSR count). The molecule has 1 aromatic heterocycles. The summed E-state index contributed by atoms with van der Waals surface area (Å²) in [5.74, 6) is -0.494. The quantitative estimate of drug-likeness (QED) is 0.464. The minimum Gasteiger partial charge on any atom is -0.508 e. The molecule has 6 nitrogen and oxygen atoms in total. The monoisotopic (exact) mass is 274 g/mol. The second kappa shape index (κ2) is 4.06. The molecule has 0 aliphatic carbocycles. The van der Waals surface area contributed by atoms with E-state index in [-0.39, 0.29) is 39.4 Å². The van der Waals surface area contributed by atoms with Gasteiger partial charge in [0, 0.05) is 17.5 Å². The lowest BCUT2D eigenvalue weighted by molar-refractivity contribution is 0.374. The largest absolute Gasteiger partial charge is 0.508 e. The number of rotatable bonds is 1. The van der Waals surface area contributed by atoms with Crippen molar-refractivity contribution in [2.45, 2.75) is 0 Å². The second-order valence-electron chi connectivity index (χ2n) is 4.30. The van der Waals surface area contributed by atoms with E-state index >= 15 is 0 Å². The van der Waals surface area contributed by atoms with Crippen LogP contribution in [0.2, 0.25) is 0 Å². The van der Waals surface area contributed by atoms with E-state index in [0.29, 0.717) is 5.39 Å². The van der Waals surface area contributed by atoms with E-state index in [1.54, 1.807) is 0 Å². The summed E-state index contributed by atoms with van der Waals surface area (Å²) in [7, 11) is 1.38. The van der Waals surface area contributed by atoms with E-state index in [0.717, 1.165) is 6.07 Å². The Hall–Kier alpha value is -2.89. The third kappa shape index (κ3) is 1.62. The summed E-state index contributed by atoms with van der Waals surface area (Å²) < 4.78 is 10.0. The first-order valence-corrected chi connectivity index (χ1v) is 5.70. The Labute approximate surface area is 112 Å². The molecule has 20 heavy (non-hydrogen) atoms. The number of hydrogen-bond acceptors (Lipinski definition) is 6. The molecule has 0 saturated carbocycles. The Morgan fingerprint density at radius 3 is 2.45 bits per heavy atom. The molecule has 0 radical (unpaired) electrons. The number of ether oxygens (including phenoxy) is 1.